The van der Waals surface area contributed by atoms with E-state index in [0.29, 0.717) is 12.3 Å². The molecule has 5 rings (SSSR count). The Balaban J connectivity index is 1.52. The third-order valence-corrected chi connectivity index (χ3v) is 6.21. The van der Waals surface area contributed by atoms with Crippen molar-refractivity contribution in [1.82, 2.24) is 24.1 Å². The topological polar surface area (TPSA) is 77.5 Å². The van der Waals surface area contributed by atoms with E-state index >= 15 is 0 Å². The van der Waals surface area contributed by atoms with Crippen molar-refractivity contribution in [2.24, 2.45) is 7.05 Å². The summed E-state index contributed by atoms with van der Waals surface area (Å²) in [5.41, 5.74) is 7.61. The van der Waals surface area contributed by atoms with Crippen LogP contribution in [0.25, 0.3) is 16.9 Å². The monoisotopic (exact) mass is 430 g/mol. The number of hydrogen-bond acceptors (Lipinski definition) is 6. The Labute approximate surface area is 186 Å². The first-order valence-corrected chi connectivity index (χ1v) is 10.7. The lowest BCUT2D eigenvalue weighted by Crippen LogP contribution is -2.32. The normalized spacial score (nSPS) is 13.5. The SMILES string of the molecule is COc1cc(C)c(-c2cnc3c(c2)CN(c2nc4nn(C)c(=O)n4cc2C)CC3)cc1C. The van der Waals surface area contributed by atoms with Crippen LogP contribution in [0.5, 0.6) is 5.75 Å². The molecule has 0 N–H and O–H groups in total. The number of ether oxygens (including phenoxy) is 1. The van der Waals surface area contributed by atoms with Crippen LogP contribution in [0.1, 0.15) is 27.9 Å². The van der Waals surface area contributed by atoms with Crippen LogP contribution < -0.4 is 15.3 Å². The zero-order valence-electron chi connectivity index (χ0n) is 19.0. The van der Waals surface area contributed by atoms with Crippen molar-refractivity contribution in [3.8, 4) is 16.9 Å². The molecule has 1 aliphatic heterocycles. The van der Waals surface area contributed by atoms with Gasteiger partial charge in [0.05, 0.1) is 7.11 Å². The van der Waals surface area contributed by atoms with E-state index < -0.39 is 0 Å². The number of hydrogen-bond donors (Lipinski definition) is 0. The Morgan fingerprint density at radius 3 is 2.66 bits per heavy atom. The van der Waals surface area contributed by atoms with Gasteiger partial charge in [-0.15, -0.1) is 5.10 Å². The average molecular weight is 431 g/mol. The molecule has 32 heavy (non-hydrogen) atoms. The Kier molecular flexibility index (Phi) is 4.73. The van der Waals surface area contributed by atoms with Crippen molar-refractivity contribution in [3.63, 3.8) is 0 Å². The van der Waals surface area contributed by atoms with E-state index in [4.69, 9.17) is 14.7 Å². The minimum atomic E-state index is -0.190. The van der Waals surface area contributed by atoms with Gasteiger partial charge in [-0.1, -0.05) is 0 Å². The third kappa shape index (κ3) is 3.23. The molecular weight excluding hydrogens is 404 g/mol. The number of rotatable bonds is 3. The largest absolute Gasteiger partial charge is 0.496 e. The van der Waals surface area contributed by atoms with E-state index in [-0.39, 0.29) is 5.69 Å². The molecule has 0 atom stereocenters. The van der Waals surface area contributed by atoms with Gasteiger partial charge >= 0.3 is 5.69 Å². The van der Waals surface area contributed by atoms with E-state index in [1.54, 1.807) is 14.2 Å². The number of methoxy groups -OCH3 is 1. The molecule has 8 nitrogen and oxygen atoms in total. The highest BCUT2D eigenvalue weighted by Crippen LogP contribution is 2.32. The van der Waals surface area contributed by atoms with Crippen molar-refractivity contribution < 1.29 is 4.74 Å². The van der Waals surface area contributed by atoms with Gasteiger partial charge in [-0.25, -0.2) is 13.9 Å². The van der Waals surface area contributed by atoms with E-state index in [9.17, 15) is 4.79 Å². The predicted molar refractivity (Wildman–Crippen MR) is 123 cm³/mol. The van der Waals surface area contributed by atoms with Gasteiger partial charge in [0.25, 0.3) is 5.78 Å². The molecule has 0 saturated heterocycles. The first-order chi connectivity index (χ1) is 15.4. The summed E-state index contributed by atoms with van der Waals surface area (Å²) < 4.78 is 8.27. The van der Waals surface area contributed by atoms with Crippen LogP contribution in [0.2, 0.25) is 0 Å². The number of pyridine rings is 1. The molecule has 1 aromatic carbocycles. The molecule has 0 radical (unpaired) electrons. The minimum Gasteiger partial charge on any atom is -0.496 e. The van der Waals surface area contributed by atoms with E-state index in [1.165, 1.54) is 20.2 Å². The molecule has 0 aliphatic carbocycles. The van der Waals surface area contributed by atoms with Crippen LogP contribution in [-0.2, 0) is 20.0 Å². The summed E-state index contributed by atoms with van der Waals surface area (Å²) in [5.74, 6) is 2.17. The molecule has 0 bridgehead atoms. The van der Waals surface area contributed by atoms with Gasteiger partial charge in [-0.3, -0.25) is 4.98 Å². The van der Waals surface area contributed by atoms with Gasteiger partial charge in [0.15, 0.2) is 0 Å². The smallest absolute Gasteiger partial charge is 0.351 e. The standard InChI is InChI=1S/C24H26N6O2/c1-14-9-21(32-5)15(2)8-19(14)17-10-18-13-29(7-6-20(18)25-11-17)22-16(3)12-30-23(26-22)27-28(4)24(30)31/h8-12H,6-7,13H2,1-5H3. The summed E-state index contributed by atoms with van der Waals surface area (Å²) in [6.07, 6.45) is 4.64. The molecule has 3 aromatic heterocycles. The van der Waals surface area contributed by atoms with Gasteiger partial charge in [0, 0.05) is 55.8 Å². The maximum Gasteiger partial charge on any atom is 0.351 e. The number of fused-ring (bicyclic) bond motifs is 2. The second-order valence-corrected chi connectivity index (χ2v) is 8.46. The molecule has 0 spiro atoms. The van der Waals surface area contributed by atoms with Gasteiger partial charge in [0.1, 0.15) is 11.6 Å². The highest BCUT2D eigenvalue weighted by molar-refractivity contribution is 5.70. The van der Waals surface area contributed by atoms with Crippen LogP contribution in [0.3, 0.4) is 0 Å². The van der Waals surface area contributed by atoms with Crippen molar-refractivity contribution in [2.45, 2.75) is 33.7 Å². The molecule has 0 amide bonds. The second kappa shape index (κ2) is 7.47. The fourth-order valence-corrected chi connectivity index (χ4v) is 4.49. The van der Waals surface area contributed by atoms with Gasteiger partial charge in [-0.2, -0.15) is 4.98 Å². The quantitative estimate of drug-likeness (QED) is 0.497. The van der Waals surface area contributed by atoms with Gasteiger partial charge < -0.3 is 9.64 Å². The van der Waals surface area contributed by atoms with Crippen molar-refractivity contribution in [2.75, 3.05) is 18.6 Å². The lowest BCUT2D eigenvalue weighted by atomic mass is 9.95. The fraction of sp³-hybridized carbons (Fsp3) is 0.333. The Bertz CT molecular complexity index is 1420. The molecule has 0 saturated carbocycles. The molecule has 4 heterocycles. The maximum atomic E-state index is 12.2. The number of aryl methyl sites for hydroxylation is 4. The van der Waals surface area contributed by atoms with Crippen LogP contribution >= 0.6 is 0 Å². The molecule has 0 unspecified atom stereocenters. The van der Waals surface area contributed by atoms with Gasteiger partial charge in [-0.05, 0) is 61.2 Å². The Morgan fingerprint density at radius 2 is 1.88 bits per heavy atom. The van der Waals surface area contributed by atoms with E-state index in [1.807, 2.05) is 19.3 Å². The Hall–Kier alpha value is -3.68. The summed E-state index contributed by atoms with van der Waals surface area (Å²) in [4.78, 5) is 23.9. The van der Waals surface area contributed by atoms with E-state index in [0.717, 1.165) is 52.5 Å². The number of nitrogens with zero attached hydrogens (tertiary/aromatic N) is 6. The zero-order valence-corrected chi connectivity index (χ0v) is 19.0. The highest BCUT2D eigenvalue weighted by Gasteiger charge is 2.22. The lowest BCUT2D eigenvalue weighted by molar-refractivity contribution is 0.411. The minimum absolute atomic E-state index is 0.190. The van der Waals surface area contributed by atoms with Crippen molar-refractivity contribution in [1.29, 1.82) is 0 Å². The summed E-state index contributed by atoms with van der Waals surface area (Å²) in [5, 5.41) is 4.25. The second-order valence-electron chi connectivity index (χ2n) is 8.46. The zero-order chi connectivity index (χ0) is 22.6. The fourth-order valence-electron chi connectivity index (χ4n) is 4.49. The maximum absolute atomic E-state index is 12.2. The lowest BCUT2D eigenvalue weighted by Gasteiger charge is -2.30. The summed E-state index contributed by atoms with van der Waals surface area (Å²) in [6, 6.07) is 6.48. The summed E-state index contributed by atoms with van der Waals surface area (Å²) in [6.45, 7) is 7.67. The van der Waals surface area contributed by atoms with Crippen LogP contribution in [0.15, 0.2) is 35.4 Å². The number of anilines is 1. The van der Waals surface area contributed by atoms with Crippen molar-refractivity contribution in [3.05, 3.63) is 69.0 Å². The average Bonchev–Trinajstić information content (AvgIpc) is 3.06. The van der Waals surface area contributed by atoms with Crippen LogP contribution in [0, 0.1) is 20.8 Å². The van der Waals surface area contributed by atoms with E-state index in [2.05, 4.69) is 42.0 Å². The predicted octanol–water partition coefficient (Wildman–Crippen LogP) is 2.99. The number of benzene rings is 1. The highest BCUT2D eigenvalue weighted by atomic mass is 16.5. The molecular formula is C24H26N6O2. The molecule has 164 valence electrons. The van der Waals surface area contributed by atoms with Gasteiger partial charge in [0.2, 0.25) is 0 Å². The summed E-state index contributed by atoms with van der Waals surface area (Å²) >= 11 is 0. The van der Waals surface area contributed by atoms with Crippen LogP contribution in [-0.4, -0.2) is 37.8 Å². The first kappa shape index (κ1) is 20.2. The Morgan fingerprint density at radius 1 is 1.06 bits per heavy atom. The third-order valence-electron chi connectivity index (χ3n) is 6.21. The van der Waals surface area contributed by atoms with Crippen molar-refractivity contribution >= 4 is 11.6 Å². The summed E-state index contributed by atoms with van der Waals surface area (Å²) in [7, 11) is 3.34. The molecule has 8 heteroatoms. The molecule has 1 aliphatic rings. The number of aromatic nitrogens is 5. The van der Waals surface area contributed by atoms with Crippen LogP contribution in [0.4, 0.5) is 5.82 Å². The molecule has 0 fully saturated rings. The molecule has 4 aromatic rings. The first-order valence-electron chi connectivity index (χ1n) is 10.7.